The molecule has 0 aliphatic heterocycles. The van der Waals surface area contributed by atoms with Gasteiger partial charge in [0.2, 0.25) is 0 Å². The van der Waals surface area contributed by atoms with Gasteiger partial charge in [-0.15, -0.1) is 0 Å². The molecule has 78 valence electrons. The number of carbonyl (C=O) groups is 1. The number of rotatable bonds is 5. The summed E-state index contributed by atoms with van der Waals surface area (Å²) in [5.74, 6) is -0.558. The van der Waals surface area contributed by atoms with Crippen LogP contribution in [-0.2, 0) is 14.1 Å². The van der Waals surface area contributed by atoms with Gasteiger partial charge >= 0.3 is 13.6 Å². The molecule has 0 heterocycles. The second-order valence-corrected chi connectivity index (χ2v) is 4.57. The van der Waals surface area contributed by atoms with Gasteiger partial charge in [0.05, 0.1) is 18.7 Å². The van der Waals surface area contributed by atoms with E-state index in [0.717, 1.165) is 0 Å². The van der Waals surface area contributed by atoms with Gasteiger partial charge in [0.25, 0.3) is 0 Å². The zero-order valence-electron chi connectivity index (χ0n) is 7.77. The van der Waals surface area contributed by atoms with Gasteiger partial charge in [-0.05, 0) is 13.3 Å². The first kappa shape index (κ1) is 12.6. The fourth-order valence-corrected chi connectivity index (χ4v) is 1.78. The summed E-state index contributed by atoms with van der Waals surface area (Å²) in [4.78, 5) is 28.5. The molecule has 0 aromatic carbocycles. The van der Waals surface area contributed by atoms with Crippen LogP contribution in [0.4, 0.5) is 0 Å². The van der Waals surface area contributed by atoms with E-state index < -0.39 is 19.2 Å². The van der Waals surface area contributed by atoms with Crippen LogP contribution >= 0.6 is 7.60 Å². The minimum Gasteiger partial charge on any atom is -0.466 e. The summed E-state index contributed by atoms with van der Waals surface area (Å²) in [5.41, 5.74) is -0.911. The van der Waals surface area contributed by atoms with Crippen LogP contribution < -0.4 is 0 Å². The Labute approximate surface area is 77.3 Å². The molecule has 1 atom stereocenters. The van der Waals surface area contributed by atoms with Gasteiger partial charge in [-0.2, -0.15) is 0 Å². The van der Waals surface area contributed by atoms with Crippen molar-refractivity contribution in [1.82, 2.24) is 0 Å². The predicted molar refractivity (Wildman–Crippen MR) is 47.4 cm³/mol. The number of carbonyl (C=O) groups excluding carboxylic acids is 1. The molecule has 13 heavy (non-hydrogen) atoms. The fraction of sp³-hybridized carbons (Fsp3) is 0.857. The van der Waals surface area contributed by atoms with Gasteiger partial charge in [0, 0.05) is 0 Å². The monoisotopic (exact) mass is 210 g/mol. The van der Waals surface area contributed by atoms with E-state index in [1.807, 2.05) is 0 Å². The molecule has 0 radical (unpaired) electrons. The number of hydrogen-bond acceptors (Lipinski definition) is 3. The molecule has 0 saturated carbocycles. The molecule has 0 fully saturated rings. The number of ether oxygens (including phenoxy) is 1. The lowest BCUT2D eigenvalue weighted by Crippen LogP contribution is -2.15. The summed E-state index contributed by atoms with van der Waals surface area (Å²) < 4.78 is 15.4. The molecule has 0 bridgehead atoms. The molecule has 1 unspecified atom stereocenters. The summed E-state index contributed by atoms with van der Waals surface area (Å²) in [7, 11) is -4.15. The van der Waals surface area contributed by atoms with Gasteiger partial charge in [-0.3, -0.25) is 9.36 Å². The highest BCUT2D eigenvalue weighted by Crippen LogP contribution is 2.44. The van der Waals surface area contributed by atoms with E-state index >= 15 is 0 Å². The average molecular weight is 210 g/mol. The molecule has 0 aromatic heterocycles. The van der Waals surface area contributed by atoms with Crippen LogP contribution in [0.2, 0.25) is 0 Å². The first-order valence-electron chi connectivity index (χ1n) is 4.12. The van der Waals surface area contributed by atoms with E-state index in [-0.39, 0.29) is 19.4 Å². The minimum absolute atomic E-state index is 0.214. The fourth-order valence-electron chi connectivity index (χ4n) is 0.913. The second-order valence-electron chi connectivity index (χ2n) is 2.66. The van der Waals surface area contributed by atoms with Gasteiger partial charge in [-0.25, -0.2) is 0 Å². The highest BCUT2D eigenvalue weighted by Gasteiger charge is 2.29. The Morgan fingerprint density at radius 2 is 2.00 bits per heavy atom. The third-order valence-electron chi connectivity index (χ3n) is 1.65. The summed E-state index contributed by atoms with van der Waals surface area (Å²) in [6.45, 7) is 3.51. The van der Waals surface area contributed by atoms with Crippen molar-refractivity contribution in [3.8, 4) is 0 Å². The van der Waals surface area contributed by atoms with E-state index in [2.05, 4.69) is 4.74 Å². The Hall–Kier alpha value is -0.380. The van der Waals surface area contributed by atoms with Crippen molar-refractivity contribution in [2.75, 3.05) is 6.61 Å². The highest BCUT2D eigenvalue weighted by molar-refractivity contribution is 7.52. The van der Waals surface area contributed by atoms with E-state index in [9.17, 15) is 9.36 Å². The lowest BCUT2D eigenvalue weighted by Gasteiger charge is -2.14. The molecule has 0 spiro atoms. The molecule has 5 nitrogen and oxygen atoms in total. The van der Waals surface area contributed by atoms with Gasteiger partial charge < -0.3 is 14.5 Å². The molecule has 6 heteroatoms. The average Bonchev–Trinajstić information content (AvgIpc) is 1.98. The van der Waals surface area contributed by atoms with Crippen LogP contribution in [0.3, 0.4) is 0 Å². The van der Waals surface area contributed by atoms with Crippen molar-refractivity contribution >= 4 is 13.6 Å². The summed E-state index contributed by atoms with van der Waals surface area (Å²) in [6, 6.07) is 0. The van der Waals surface area contributed by atoms with Crippen molar-refractivity contribution in [2.45, 2.75) is 32.3 Å². The topological polar surface area (TPSA) is 83.8 Å². The smallest absolute Gasteiger partial charge is 0.329 e. The van der Waals surface area contributed by atoms with Crippen molar-refractivity contribution < 1.29 is 23.9 Å². The van der Waals surface area contributed by atoms with Crippen LogP contribution in [0.15, 0.2) is 0 Å². The minimum atomic E-state index is -4.15. The molecule has 0 amide bonds. The Kier molecular flexibility index (Phi) is 5.21. The van der Waals surface area contributed by atoms with Gasteiger partial charge in [0.1, 0.15) is 0 Å². The third-order valence-corrected chi connectivity index (χ3v) is 3.15. The van der Waals surface area contributed by atoms with Crippen molar-refractivity contribution in [2.24, 2.45) is 0 Å². The zero-order valence-corrected chi connectivity index (χ0v) is 8.66. The number of hydrogen-bond donors (Lipinski definition) is 2. The normalized spacial score (nSPS) is 13.8. The van der Waals surface area contributed by atoms with Crippen LogP contribution in [0.1, 0.15) is 26.7 Å². The Morgan fingerprint density at radius 1 is 1.46 bits per heavy atom. The maximum Gasteiger partial charge on any atom is 0.329 e. The molecular weight excluding hydrogens is 195 g/mol. The third kappa shape index (κ3) is 5.03. The molecule has 0 aliphatic carbocycles. The van der Waals surface area contributed by atoms with Crippen LogP contribution in [0.5, 0.6) is 0 Å². The Balaban J connectivity index is 4.14. The van der Waals surface area contributed by atoms with Gasteiger partial charge in [-0.1, -0.05) is 6.92 Å². The predicted octanol–water partition coefficient (Wildman–Crippen LogP) is 0.896. The summed E-state index contributed by atoms with van der Waals surface area (Å²) >= 11 is 0. The number of esters is 1. The van der Waals surface area contributed by atoms with Crippen LogP contribution in [0, 0.1) is 0 Å². The lowest BCUT2D eigenvalue weighted by molar-refractivity contribution is -0.143. The van der Waals surface area contributed by atoms with Crippen LogP contribution in [-0.4, -0.2) is 28.0 Å². The second kappa shape index (κ2) is 5.37. The van der Waals surface area contributed by atoms with Crippen molar-refractivity contribution in [3.63, 3.8) is 0 Å². The molecule has 0 saturated heterocycles. The molecule has 0 rings (SSSR count). The summed E-state index contributed by atoms with van der Waals surface area (Å²) in [6.07, 6.45) is 0.0533. The Morgan fingerprint density at radius 3 is 2.31 bits per heavy atom. The Bertz CT molecular complexity index is 209. The van der Waals surface area contributed by atoms with Crippen LogP contribution in [0.25, 0.3) is 0 Å². The van der Waals surface area contributed by atoms with E-state index in [1.54, 1.807) is 13.8 Å². The molecule has 0 aromatic rings. The molecular formula is C7H15O5P. The van der Waals surface area contributed by atoms with Crippen molar-refractivity contribution in [1.29, 1.82) is 0 Å². The SMILES string of the molecule is CCOC(=O)CC(CC)P(=O)(O)O. The summed E-state index contributed by atoms with van der Waals surface area (Å²) in [5, 5.41) is 0. The highest BCUT2D eigenvalue weighted by atomic mass is 31.2. The quantitative estimate of drug-likeness (QED) is 0.520. The zero-order chi connectivity index (χ0) is 10.5. The standard InChI is InChI=1S/C7H15O5P/c1-3-6(13(9,10)11)5-7(8)12-4-2/h6H,3-5H2,1-2H3,(H2,9,10,11). The van der Waals surface area contributed by atoms with Gasteiger partial charge in [0.15, 0.2) is 0 Å². The van der Waals surface area contributed by atoms with E-state index in [0.29, 0.717) is 0 Å². The first-order valence-corrected chi connectivity index (χ1v) is 5.80. The maximum atomic E-state index is 10.9. The van der Waals surface area contributed by atoms with E-state index in [1.165, 1.54) is 0 Å². The molecule has 0 aliphatic rings. The lowest BCUT2D eigenvalue weighted by atomic mass is 10.2. The van der Waals surface area contributed by atoms with E-state index in [4.69, 9.17) is 9.79 Å². The maximum absolute atomic E-state index is 10.9. The molecule has 2 N–H and O–H groups in total. The first-order chi connectivity index (χ1) is 5.91. The largest absolute Gasteiger partial charge is 0.466 e. The van der Waals surface area contributed by atoms with Crippen molar-refractivity contribution in [3.05, 3.63) is 0 Å².